The lowest BCUT2D eigenvalue weighted by Gasteiger charge is -1.92. The fourth-order valence-electron chi connectivity index (χ4n) is 0.763. The van der Waals surface area contributed by atoms with Gasteiger partial charge in [0.2, 0.25) is 0 Å². The number of hydrogen-bond donors (Lipinski definition) is 2. The first-order valence-corrected chi connectivity index (χ1v) is 3.56. The molecule has 2 nitrogen and oxygen atoms in total. The summed E-state index contributed by atoms with van der Waals surface area (Å²) in [4.78, 5) is 0.913. The number of thiol groups is 1. The SMILES string of the molecule is OCC[n+]1cccc(S)c1.[Cl-]. The smallest absolute Gasteiger partial charge is 0.182 e. The molecule has 1 heterocycles. The van der Waals surface area contributed by atoms with Gasteiger partial charge in [-0.2, -0.15) is 0 Å². The van der Waals surface area contributed by atoms with Gasteiger partial charge in [0.05, 0.1) is 4.90 Å². The molecule has 0 aliphatic rings. The molecule has 0 atom stereocenters. The van der Waals surface area contributed by atoms with E-state index in [2.05, 4.69) is 12.6 Å². The van der Waals surface area contributed by atoms with E-state index < -0.39 is 0 Å². The Bertz CT molecular complexity index is 219. The molecule has 1 N–H and O–H groups in total. The molecular weight excluding hydrogens is 182 g/mol. The third-order valence-electron chi connectivity index (χ3n) is 1.20. The molecule has 0 aliphatic heterocycles. The van der Waals surface area contributed by atoms with Crippen molar-refractivity contribution in [3.05, 3.63) is 24.5 Å². The summed E-state index contributed by atoms with van der Waals surface area (Å²) in [5, 5.41) is 8.56. The van der Waals surface area contributed by atoms with Crippen LogP contribution in [-0.4, -0.2) is 11.7 Å². The van der Waals surface area contributed by atoms with Crippen molar-refractivity contribution in [1.82, 2.24) is 0 Å². The highest BCUT2D eigenvalue weighted by Crippen LogP contribution is 1.97. The molecule has 0 fully saturated rings. The van der Waals surface area contributed by atoms with E-state index in [-0.39, 0.29) is 19.0 Å². The molecular formula is C7H10ClNOS. The van der Waals surface area contributed by atoms with Crippen molar-refractivity contribution in [3.8, 4) is 0 Å². The first-order valence-electron chi connectivity index (χ1n) is 3.12. The van der Waals surface area contributed by atoms with Gasteiger partial charge >= 0.3 is 0 Å². The second-order valence-corrected chi connectivity index (χ2v) is 2.54. The van der Waals surface area contributed by atoms with Crippen LogP contribution in [-0.2, 0) is 6.54 Å². The summed E-state index contributed by atoms with van der Waals surface area (Å²) < 4.78 is 1.89. The van der Waals surface area contributed by atoms with Crippen LogP contribution >= 0.6 is 12.6 Å². The van der Waals surface area contributed by atoms with Gasteiger partial charge in [-0.1, -0.05) is 0 Å². The number of aliphatic hydroxyl groups excluding tert-OH is 1. The Kier molecular flexibility index (Phi) is 5.28. The topological polar surface area (TPSA) is 24.1 Å². The summed E-state index contributed by atoms with van der Waals surface area (Å²) in [5.41, 5.74) is 0. The minimum atomic E-state index is 0. The van der Waals surface area contributed by atoms with Crippen LogP contribution in [0, 0.1) is 0 Å². The van der Waals surface area contributed by atoms with Crippen LogP contribution in [0.3, 0.4) is 0 Å². The van der Waals surface area contributed by atoms with Gasteiger partial charge in [0.15, 0.2) is 18.9 Å². The number of rotatable bonds is 2. The molecule has 11 heavy (non-hydrogen) atoms. The zero-order valence-electron chi connectivity index (χ0n) is 5.94. The highest BCUT2D eigenvalue weighted by molar-refractivity contribution is 7.80. The summed E-state index contributed by atoms with van der Waals surface area (Å²) in [6.07, 6.45) is 3.77. The Morgan fingerprint density at radius 3 is 2.82 bits per heavy atom. The van der Waals surface area contributed by atoms with E-state index in [9.17, 15) is 0 Å². The minimum absolute atomic E-state index is 0. The maximum Gasteiger partial charge on any atom is 0.182 e. The molecule has 1 aromatic heterocycles. The number of hydrogen-bond acceptors (Lipinski definition) is 2. The van der Waals surface area contributed by atoms with E-state index >= 15 is 0 Å². The van der Waals surface area contributed by atoms with Crippen LogP contribution < -0.4 is 17.0 Å². The average molecular weight is 192 g/mol. The van der Waals surface area contributed by atoms with Crippen LogP contribution in [0.1, 0.15) is 0 Å². The molecule has 0 unspecified atom stereocenters. The van der Waals surface area contributed by atoms with E-state index in [1.165, 1.54) is 0 Å². The van der Waals surface area contributed by atoms with Crippen LogP contribution in [0.2, 0.25) is 0 Å². The fourth-order valence-corrected chi connectivity index (χ4v) is 0.997. The van der Waals surface area contributed by atoms with Crippen molar-refractivity contribution in [2.24, 2.45) is 0 Å². The van der Waals surface area contributed by atoms with E-state index in [4.69, 9.17) is 5.11 Å². The maximum absolute atomic E-state index is 8.56. The Hall–Kier alpha value is -0.250. The lowest BCUT2D eigenvalue weighted by Crippen LogP contribution is -3.00. The van der Waals surface area contributed by atoms with Crippen LogP contribution in [0.15, 0.2) is 29.4 Å². The monoisotopic (exact) mass is 191 g/mol. The van der Waals surface area contributed by atoms with E-state index in [1.807, 2.05) is 29.1 Å². The standard InChI is InChI=1S/C7H9NOS.ClH/c9-5-4-8-3-1-2-7(10)6-8;/h1-3,6,9H,4-5H2;1H. The van der Waals surface area contributed by atoms with Crippen molar-refractivity contribution in [1.29, 1.82) is 0 Å². The lowest BCUT2D eigenvalue weighted by atomic mass is 10.5. The van der Waals surface area contributed by atoms with E-state index in [1.54, 1.807) is 0 Å². The van der Waals surface area contributed by atoms with Crippen molar-refractivity contribution >= 4 is 12.6 Å². The Morgan fingerprint density at radius 2 is 2.27 bits per heavy atom. The van der Waals surface area contributed by atoms with Gasteiger partial charge in [-0.15, -0.1) is 12.6 Å². The summed E-state index contributed by atoms with van der Waals surface area (Å²) in [7, 11) is 0. The molecule has 0 radical (unpaired) electrons. The number of halogens is 1. The second-order valence-electron chi connectivity index (χ2n) is 2.02. The quantitative estimate of drug-likeness (QED) is 0.385. The Morgan fingerprint density at radius 1 is 1.55 bits per heavy atom. The van der Waals surface area contributed by atoms with Crippen LogP contribution in [0.25, 0.3) is 0 Å². The molecule has 1 aromatic rings. The number of nitrogens with zero attached hydrogens (tertiary/aromatic N) is 1. The Labute approximate surface area is 77.7 Å². The minimum Gasteiger partial charge on any atom is -1.00 e. The van der Waals surface area contributed by atoms with Crippen molar-refractivity contribution in [2.45, 2.75) is 11.4 Å². The highest BCUT2D eigenvalue weighted by Gasteiger charge is 1.96. The van der Waals surface area contributed by atoms with E-state index in [0.29, 0.717) is 6.54 Å². The normalized spacial score (nSPS) is 8.91. The molecule has 1 rings (SSSR count). The highest BCUT2D eigenvalue weighted by atomic mass is 35.5. The van der Waals surface area contributed by atoms with Gasteiger partial charge in [-0.05, 0) is 6.07 Å². The summed E-state index contributed by atoms with van der Waals surface area (Å²) in [5.74, 6) is 0. The predicted octanol–water partition coefficient (Wildman–Crippen LogP) is -2.74. The molecule has 62 valence electrons. The van der Waals surface area contributed by atoms with Gasteiger partial charge in [0.1, 0.15) is 6.61 Å². The largest absolute Gasteiger partial charge is 1.00 e. The number of pyridine rings is 1. The molecule has 0 amide bonds. The van der Waals surface area contributed by atoms with Crippen LogP contribution in [0.5, 0.6) is 0 Å². The molecule has 0 spiro atoms. The van der Waals surface area contributed by atoms with Gasteiger partial charge in [0, 0.05) is 6.07 Å². The second kappa shape index (κ2) is 5.41. The first kappa shape index (κ1) is 10.8. The van der Waals surface area contributed by atoms with Crippen LogP contribution in [0.4, 0.5) is 0 Å². The zero-order chi connectivity index (χ0) is 7.40. The predicted molar refractivity (Wildman–Crippen MR) is 41.0 cm³/mol. The molecule has 0 saturated carbocycles. The molecule has 4 heteroatoms. The van der Waals surface area contributed by atoms with Crippen molar-refractivity contribution in [3.63, 3.8) is 0 Å². The van der Waals surface area contributed by atoms with Crippen molar-refractivity contribution < 1.29 is 22.1 Å². The third kappa shape index (κ3) is 3.60. The summed E-state index contributed by atoms with van der Waals surface area (Å²) in [6, 6.07) is 3.80. The average Bonchev–Trinajstić information content (AvgIpc) is 1.88. The molecule has 0 aromatic carbocycles. The molecule has 0 aliphatic carbocycles. The Balaban J connectivity index is 0.000001000. The van der Waals surface area contributed by atoms with Gasteiger partial charge in [0.25, 0.3) is 0 Å². The van der Waals surface area contributed by atoms with Gasteiger partial charge in [-0.25, -0.2) is 4.57 Å². The van der Waals surface area contributed by atoms with E-state index in [0.717, 1.165) is 4.90 Å². The number of aromatic nitrogens is 1. The van der Waals surface area contributed by atoms with Crippen molar-refractivity contribution in [2.75, 3.05) is 6.61 Å². The third-order valence-corrected chi connectivity index (χ3v) is 1.47. The summed E-state index contributed by atoms with van der Waals surface area (Å²) in [6.45, 7) is 0.802. The summed E-state index contributed by atoms with van der Waals surface area (Å²) >= 11 is 4.14. The zero-order valence-corrected chi connectivity index (χ0v) is 7.59. The maximum atomic E-state index is 8.56. The molecule has 0 saturated heterocycles. The van der Waals surface area contributed by atoms with Gasteiger partial charge < -0.3 is 17.5 Å². The van der Waals surface area contributed by atoms with Gasteiger partial charge in [-0.3, -0.25) is 0 Å². The number of aliphatic hydroxyl groups is 1. The first-order chi connectivity index (χ1) is 4.83. The lowest BCUT2D eigenvalue weighted by molar-refractivity contribution is -0.699. The molecule has 0 bridgehead atoms. The fraction of sp³-hybridized carbons (Fsp3) is 0.286.